The molecule has 4 N–H and O–H groups in total. The summed E-state index contributed by atoms with van der Waals surface area (Å²) in [7, 11) is 3.50. The molecule has 306 valence electrons. The highest BCUT2D eigenvalue weighted by molar-refractivity contribution is 8.03. The van der Waals surface area contributed by atoms with Crippen LogP contribution in [0.25, 0.3) is 0 Å². The molecule has 0 radical (unpaired) electrons. The Morgan fingerprint density at radius 3 is 2.12 bits per heavy atom. The SMILES string of the molecule is CC(C)N1C[C@@H](SC2=C(C(=O)O)N3C(=O)[C@H]([C@@H](C)O)[C@H]3[C@H]2C)C[C@H]1C(=O)N(C)C.CC1=C(C(=O)O)N2C(=O)[C@@H](CC(=O)[C@H](NC(C)C)c3ccccc3)[C@H]2SC1. The first-order valence-corrected chi connectivity index (χ1v) is 21.0. The molecule has 5 heterocycles. The number of fused-ring (bicyclic) bond motifs is 2. The van der Waals surface area contributed by atoms with Crippen molar-refractivity contribution in [2.45, 2.75) is 108 Å². The number of carboxylic acid groups (broad SMARTS) is 2. The number of benzene rings is 1. The van der Waals surface area contributed by atoms with Gasteiger partial charge in [0.15, 0.2) is 5.78 Å². The summed E-state index contributed by atoms with van der Waals surface area (Å²) < 4.78 is 0. The van der Waals surface area contributed by atoms with Crippen LogP contribution in [0.3, 0.4) is 0 Å². The number of ketones is 1. The first-order chi connectivity index (χ1) is 26.3. The molecule has 56 heavy (non-hydrogen) atoms. The Labute approximate surface area is 337 Å². The predicted octanol–water partition coefficient (Wildman–Crippen LogP) is 3.39. The van der Waals surface area contributed by atoms with E-state index in [-0.39, 0.29) is 82.0 Å². The Morgan fingerprint density at radius 1 is 0.964 bits per heavy atom. The average molecular weight is 814 g/mol. The van der Waals surface area contributed by atoms with E-state index in [1.165, 1.54) is 33.3 Å². The predicted molar refractivity (Wildman–Crippen MR) is 214 cm³/mol. The summed E-state index contributed by atoms with van der Waals surface area (Å²) in [4.78, 5) is 81.4. The monoisotopic (exact) mass is 813 g/mol. The average Bonchev–Trinajstić information content (AvgIpc) is 3.66. The number of carboxylic acids is 2. The minimum atomic E-state index is -1.11. The van der Waals surface area contributed by atoms with Gasteiger partial charge in [0.05, 0.1) is 41.4 Å². The van der Waals surface area contributed by atoms with Crippen LogP contribution in [0.2, 0.25) is 0 Å². The summed E-state index contributed by atoms with van der Waals surface area (Å²) >= 11 is 3.02. The number of β-lactam (4-membered cyclic amide) rings is 2. The van der Waals surface area contributed by atoms with E-state index in [4.69, 9.17) is 0 Å². The number of rotatable bonds is 13. The van der Waals surface area contributed by atoms with E-state index in [1.54, 1.807) is 32.8 Å². The highest BCUT2D eigenvalue weighted by Gasteiger charge is 2.60. The number of nitrogens with zero attached hydrogens (tertiary/aromatic N) is 4. The fourth-order valence-corrected chi connectivity index (χ4v) is 11.4. The maximum atomic E-state index is 13.0. The number of thioether (sulfide) groups is 2. The molecule has 3 saturated heterocycles. The second-order valence-electron chi connectivity index (χ2n) is 16.1. The number of carbonyl (C=O) groups excluding carboxylic acids is 4. The Hall–Kier alpha value is -3.70. The van der Waals surface area contributed by atoms with Crippen LogP contribution in [-0.2, 0) is 28.8 Å². The van der Waals surface area contributed by atoms with Crippen molar-refractivity contribution in [1.29, 1.82) is 0 Å². The van der Waals surface area contributed by atoms with Crippen LogP contribution in [0.5, 0.6) is 0 Å². The molecule has 0 unspecified atom stereocenters. The molecule has 0 saturated carbocycles. The molecule has 1 aromatic rings. The van der Waals surface area contributed by atoms with Crippen LogP contribution in [0.1, 0.15) is 72.9 Å². The van der Waals surface area contributed by atoms with Crippen molar-refractivity contribution < 1.29 is 44.1 Å². The summed E-state index contributed by atoms with van der Waals surface area (Å²) in [5.74, 6) is -3.39. The molecule has 14 nitrogen and oxygen atoms in total. The third-order valence-electron chi connectivity index (χ3n) is 11.1. The highest BCUT2D eigenvalue weighted by Crippen LogP contribution is 2.52. The second kappa shape index (κ2) is 17.4. The lowest BCUT2D eigenvalue weighted by atomic mass is 9.79. The number of likely N-dealkylation sites (N-methyl/N-ethyl adjacent to an activating group) is 1. The first kappa shape index (κ1) is 43.4. The lowest BCUT2D eigenvalue weighted by Gasteiger charge is -2.49. The van der Waals surface area contributed by atoms with Gasteiger partial charge in [-0.2, -0.15) is 0 Å². The van der Waals surface area contributed by atoms with E-state index in [1.807, 2.05) is 51.1 Å². The summed E-state index contributed by atoms with van der Waals surface area (Å²) in [6.07, 6.45) is -0.0600. The fourth-order valence-electron chi connectivity index (χ4n) is 8.47. The van der Waals surface area contributed by atoms with Crippen molar-refractivity contribution in [2.24, 2.45) is 17.8 Å². The largest absolute Gasteiger partial charge is 0.477 e. The van der Waals surface area contributed by atoms with Gasteiger partial charge in [-0.05, 0) is 59.1 Å². The Bertz CT molecular complexity index is 1800. The molecule has 3 amide bonds. The van der Waals surface area contributed by atoms with Gasteiger partial charge in [-0.1, -0.05) is 37.3 Å². The van der Waals surface area contributed by atoms with Crippen molar-refractivity contribution in [3.8, 4) is 0 Å². The number of hydrogen-bond donors (Lipinski definition) is 4. The Balaban J connectivity index is 0.000000215. The van der Waals surface area contributed by atoms with Gasteiger partial charge in [0, 0.05) is 61.0 Å². The zero-order valence-electron chi connectivity index (χ0n) is 33.5. The standard InChI is InChI=1S/C20H31N3O5S.C20H24N2O4S/c1-9(2)22-8-12(7-13(22)18(25)21(5)6)29-17-10(3)15-14(11(4)24)19(26)23(15)16(17)20(27)28;1-11(2)21-16(13-7-5-4-6-8-13)15(23)9-14-18(24)22-17(20(25)26)12(3)10-27-19(14)22/h9-15,24H,7-8H2,1-6H3,(H,27,28);4-8,11,14,16,19,21H,9-10H2,1-3H3,(H,25,26)/t10-,11-,12+,13+,14-,15-;14-,16-,19-/m11/s1. The van der Waals surface area contributed by atoms with E-state index in [9.17, 15) is 44.1 Å². The van der Waals surface area contributed by atoms with Gasteiger partial charge in [-0.15, -0.1) is 23.5 Å². The number of nitrogens with one attached hydrogen (secondary N) is 1. The van der Waals surface area contributed by atoms with E-state index in [0.717, 1.165) is 5.56 Å². The molecule has 0 bridgehead atoms. The van der Waals surface area contributed by atoms with Crippen molar-refractivity contribution in [3.05, 3.63) is 57.8 Å². The molecule has 0 aliphatic carbocycles. The minimum absolute atomic E-state index is 0.0448. The van der Waals surface area contributed by atoms with Crippen LogP contribution in [-0.4, -0.2) is 138 Å². The van der Waals surface area contributed by atoms with Crippen LogP contribution >= 0.6 is 23.5 Å². The summed E-state index contributed by atoms with van der Waals surface area (Å²) in [6, 6.07) is 8.77. The normalized spacial score (nSPS) is 28.3. The van der Waals surface area contributed by atoms with Crippen molar-refractivity contribution in [2.75, 3.05) is 26.4 Å². The third kappa shape index (κ3) is 8.31. The van der Waals surface area contributed by atoms with E-state index in [2.05, 4.69) is 24.1 Å². The summed E-state index contributed by atoms with van der Waals surface area (Å²) in [5, 5.41) is 32.3. The number of carbonyl (C=O) groups is 6. The number of likely N-dealkylation sites (tertiary alicyclic amines) is 1. The lowest BCUT2D eigenvalue weighted by molar-refractivity contribution is -0.163. The maximum absolute atomic E-state index is 13.0. The van der Waals surface area contributed by atoms with Crippen LogP contribution in [0.4, 0.5) is 0 Å². The molecule has 6 rings (SSSR count). The van der Waals surface area contributed by atoms with Crippen molar-refractivity contribution in [1.82, 2.24) is 24.9 Å². The summed E-state index contributed by atoms with van der Waals surface area (Å²) in [6.45, 7) is 14.0. The van der Waals surface area contributed by atoms with Crippen LogP contribution < -0.4 is 5.32 Å². The van der Waals surface area contributed by atoms with Crippen molar-refractivity contribution >= 4 is 59.0 Å². The number of aliphatic carboxylic acids is 2. The molecule has 5 aliphatic rings. The Kier molecular flexibility index (Phi) is 13.5. The van der Waals surface area contributed by atoms with Gasteiger partial charge in [0.25, 0.3) is 0 Å². The zero-order chi connectivity index (χ0) is 41.5. The third-order valence-corrected chi connectivity index (χ3v) is 14.1. The quantitative estimate of drug-likeness (QED) is 0.213. The van der Waals surface area contributed by atoms with E-state index in [0.29, 0.717) is 29.2 Å². The molecule has 1 aromatic carbocycles. The smallest absolute Gasteiger partial charge is 0.353 e. The number of aliphatic hydroxyl groups is 1. The van der Waals surface area contributed by atoms with Gasteiger partial charge < -0.3 is 30.4 Å². The minimum Gasteiger partial charge on any atom is -0.477 e. The van der Waals surface area contributed by atoms with Crippen LogP contribution in [0.15, 0.2) is 52.2 Å². The molecule has 0 spiro atoms. The highest BCUT2D eigenvalue weighted by atomic mass is 32.2. The Morgan fingerprint density at radius 2 is 1.59 bits per heavy atom. The number of aliphatic hydroxyl groups excluding tert-OH is 1. The van der Waals surface area contributed by atoms with Gasteiger partial charge >= 0.3 is 11.9 Å². The number of amides is 3. The van der Waals surface area contributed by atoms with E-state index < -0.39 is 35.9 Å². The van der Waals surface area contributed by atoms with Crippen LogP contribution in [0, 0.1) is 17.8 Å². The first-order valence-electron chi connectivity index (χ1n) is 19.1. The molecular formula is C40H55N5O9S2. The van der Waals surface area contributed by atoms with E-state index >= 15 is 0 Å². The molecule has 0 aromatic heterocycles. The van der Waals surface area contributed by atoms with Crippen molar-refractivity contribution in [3.63, 3.8) is 0 Å². The number of hydrogen-bond acceptors (Lipinski definition) is 11. The van der Waals surface area contributed by atoms with Gasteiger partial charge in [0.1, 0.15) is 11.4 Å². The fraction of sp³-hybridized carbons (Fsp3) is 0.600. The molecular weight excluding hydrogens is 759 g/mol. The summed E-state index contributed by atoms with van der Waals surface area (Å²) in [5.41, 5.74) is 1.68. The molecule has 16 heteroatoms. The topological polar surface area (TPSA) is 188 Å². The zero-order valence-corrected chi connectivity index (χ0v) is 35.1. The van der Waals surface area contributed by atoms with Gasteiger partial charge in [-0.25, -0.2) is 9.59 Å². The van der Waals surface area contributed by atoms with Gasteiger partial charge in [0.2, 0.25) is 17.7 Å². The van der Waals surface area contributed by atoms with Gasteiger partial charge in [-0.3, -0.25) is 29.0 Å². The lowest BCUT2D eigenvalue weighted by Crippen LogP contribution is -2.63. The maximum Gasteiger partial charge on any atom is 0.353 e. The second-order valence-corrected chi connectivity index (χ2v) is 18.5. The molecule has 5 aliphatic heterocycles. The molecule has 3 fully saturated rings. The number of Topliss-reactive ketones (excluding diaryl/α,β-unsaturated/α-hetero) is 1. The molecule has 9 atom stereocenters.